The molecule has 1 aliphatic heterocycles. The lowest BCUT2D eigenvalue weighted by molar-refractivity contribution is 0.270. The Morgan fingerprint density at radius 3 is 2.55 bits per heavy atom. The largest absolute Gasteiger partial charge is 0.367 e. The van der Waals surface area contributed by atoms with E-state index in [4.69, 9.17) is 0 Å². The van der Waals surface area contributed by atoms with Crippen LogP contribution in [0.1, 0.15) is 35.0 Å². The first-order chi connectivity index (χ1) is 15.0. The number of piperazine rings is 1. The van der Waals surface area contributed by atoms with Gasteiger partial charge in [0.25, 0.3) is 0 Å². The molecule has 8 heteroatoms. The van der Waals surface area contributed by atoms with Gasteiger partial charge in [0.2, 0.25) is 0 Å². The van der Waals surface area contributed by atoms with Crippen LogP contribution in [0.2, 0.25) is 0 Å². The van der Waals surface area contributed by atoms with Crippen molar-refractivity contribution < 1.29 is 4.39 Å². The highest BCUT2D eigenvalue weighted by atomic mass is 32.1. The first-order valence-corrected chi connectivity index (χ1v) is 12.0. The number of aromatic nitrogens is 1. The molecule has 3 rings (SSSR count). The van der Waals surface area contributed by atoms with Crippen molar-refractivity contribution in [2.75, 3.05) is 50.7 Å². The number of benzene rings is 1. The minimum atomic E-state index is -0.162. The summed E-state index contributed by atoms with van der Waals surface area (Å²) in [6, 6.07) is 5.50. The van der Waals surface area contributed by atoms with Crippen molar-refractivity contribution in [3.05, 3.63) is 45.2 Å². The molecular weight excluding hydrogens is 411 g/mol. The standard InChI is InChI=1S/C23H35FN6S/c1-5-25-23(26-10-9-22-28-17(3)18(4)31-22)27-16-19-7-8-21(20(24)15-19)30-13-11-29(6-2)12-14-30/h7-8,15H,5-6,9-14,16H2,1-4H3,(H2,25,26,27). The summed E-state index contributed by atoms with van der Waals surface area (Å²) in [6.07, 6.45) is 0.860. The highest BCUT2D eigenvalue weighted by molar-refractivity contribution is 7.11. The van der Waals surface area contributed by atoms with Gasteiger partial charge >= 0.3 is 0 Å². The molecule has 1 fully saturated rings. The van der Waals surface area contributed by atoms with Gasteiger partial charge in [-0.05, 0) is 45.0 Å². The molecule has 0 atom stereocenters. The van der Waals surface area contributed by atoms with E-state index in [0.717, 1.165) is 74.5 Å². The number of thiazole rings is 1. The predicted molar refractivity (Wildman–Crippen MR) is 129 cm³/mol. The molecule has 2 N–H and O–H groups in total. The smallest absolute Gasteiger partial charge is 0.191 e. The number of anilines is 1. The third-order valence-corrected chi connectivity index (χ3v) is 6.77. The zero-order valence-corrected chi connectivity index (χ0v) is 20.0. The molecule has 0 radical (unpaired) electrons. The van der Waals surface area contributed by atoms with Gasteiger partial charge in [-0.15, -0.1) is 11.3 Å². The zero-order chi connectivity index (χ0) is 22.2. The lowest BCUT2D eigenvalue weighted by atomic mass is 10.1. The second-order valence-electron chi connectivity index (χ2n) is 7.83. The lowest BCUT2D eigenvalue weighted by Gasteiger charge is -2.35. The zero-order valence-electron chi connectivity index (χ0n) is 19.2. The van der Waals surface area contributed by atoms with Gasteiger partial charge in [0.1, 0.15) is 5.82 Å². The number of nitrogens with one attached hydrogen (secondary N) is 2. The van der Waals surface area contributed by atoms with E-state index in [1.807, 2.05) is 26.0 Å². The van der Waals surface area contributed by atoms with Crippen LogP contribution in [-0.4, -0.2) is 61.7 Å². The first kappa shape index (κ1) is 23.5. The summed E-state index contributed by atoms with van der Waals surface area (Å²) in [5, 5.41) is 7.75. The molecule has 1 aromatic heterocycles. The van der Waals surface area contributed by atoms with E-state index in [9.17, 15) is 4.39 Å². The Labute approximate surface area is 189 Å². The Morgan fingerprint density at radius 2 is 1.94 bits per heavy atom. The van der Waals surface area contributed by atoms with Crippen molar-refractivity contribution >= 4 is 23.0 Å². The Morgan fingerprint density at radius 1 is 1.16 bits per heavy atom. The van der Waals surface area contributed by atoms with Crippen molar-refractivity contribution in [1.29, 1.82) is 0 Å². The number of aryl methyl sites for hydroxylation is 2. The Bertz CT molecular complexity index is 853. The normalized spacial score (nSPS) is 15.4. The quantitative estimate of drug-likeness (QED) is 0.481. The predicted octanol–water partition coefficient (Wildman–Crippen LogP) is 3.34. The van der Waals surface area contributed by atoms with E-state index in [0.29, 0.717) is 12.2 Å². The van der Waals surface area contributed by atoms with E-state index in [1.54, 1.807) is 17.4 Å². The minimum absolute atomic E-state index is 0.162. The highest BCUT2D eigenvalue weighted by Gasteiger charge is 2.18. The summed E-state index contributed by atoms with van der Waals surface area (Å²) in [4.78, 5) is 15.0. The molecule has 1 saturated heterocycles. The fraction of sp³-hybridized carbons (Fsp3) is 0.565. The molecule has 31 heavy (non-hydrogen) atoms. The van der Waals surface area contributed by atoms with Crippen molar-refractivity contribution in [3.8, 4) is 0 Å². The molecule has 2 aromatic rings. The molecule has 6 nitrogen and oxygen atoms in total. The van der Waals surface area contributed by atoms with Gasteiger partial charge in [-0.25, -0.2) is 14.4 Å². The van der Waals surface area contributed by atoms with Crippen LogP contribution in [0.15, 0.2) is 23.2 Å². The Balaban J connectivity index is 1.55. The molecule has 1 aliphatic rings. The van der Waals surface area contributed by atoms with Gasteiger partial charge in [-0.3, -0.25) is 0 Å². The number of halogens is 1. The number of guanidine groups is 1. The van der Waals surface area contributed by atoms with E-state index >= 15 is 0 Å². The van der Waals surface area contributed by atoms with Gasteiger partial charge in [0.05, 0.1) is 22.9 Å². The van der Waals surface area contributed by atoms with Crippen LogP contribution in [0.25, 0.3) is 0 Å². The second-order valence-corrected chi connectivity index (χ2v) is 9.12. The van der Waals surface area contributed by atoms with Crippen LogP contribution in [0.3, 0.4) is 0 Å². The molecule has 170 valence electrons. The Kier molecular flexibility index (Phi) is 8.66. The van der Waals surface area contributed by atoms with Crippen LogP contribution < -0.4 is 15.5 Å². The van der Waals surface area contributed by atoms with Gasteiger partial charge < -0.3 is 20.4 Å². The van der Waals surface area contributed by atoms with Gasteiger partial charge in [0, 0.05) is 50.6 Å². The first-order valence-electron chi connectivity index (χ1n) is 11.2. The second kappa shape index (κ2) is 11.4. The maximum atomic E-state index is 14.8. The van der Waals surface area contributed by atoms with Crippen LogP contribution >= 0.6 is 11.3 Å². The summed E-state index contributed by atoms with van der Waals surface area (Å²) in [5.74, 6) is 0.581. The number of rotatable bonds is 8. The number of hydrogen-bond donors (Lipinski definition) is 2. The van der Waals surface area contributed by atoms with Crippen molar-refractivity contribution in [2.45, 2.75) is 40.7 Å². The topological polar surface area (TPSA) is 55.8 Å². The lowest BCUT2D eigenvalue weighted by Crippen LogP contribution is -2.46. The summed E-state index contributed by atoms with van der Waals surface area (Å²) < 4.78 is 14.8. The SMILES string of the molecule is CCNC(=NCc1ccc(N2CCN(CC)CC2)c(F)c1)NCCc1nc(C)c(C)s1. The molecule has 0 bridgehead atoms. The number of nitrogens with zero attached hydrogens (tertiary/aromatic N) is 4. The molecule has 0 amide bonds. The number of hydrogen-bond acceptors (Lipinski definition) is 5. The molecule has 0 saturated carbocycles. The van der Waals surface area contributed by atoms with Crippen LogP contribution in [0, 0.1) is 19.7 Å². The molecule has 0 unspecified atom stereocenters. The highest BCUT2D eigenvalue weighted by Crippen LogP contribution is 2.22. The van der Waals surface area contributed by atoms with E-state index in [1.165, 1.54) is 4.88 Å². The summed E-state index contributed by atoms with van der Waals surface area (Å²) in [5.41, 5.74) is 2.68. The molecule has 0 spiro atoms. The molecule has 0 aliphatic carbocycles. The monoisotopic (exact) mass is 446 g/mol. The van der Waals surface area contributed by atoms with Crippen molar-refractivity contribution in [1.82, 2.24) is 20.5 Å². The van der Waals surface area contributed by atoms with Crippen molar-refractivity contribution in [2.24, 2.45) is 4.99 Å². The maximum Gasteiger partial charge on any atom is 0.191 e. The number of likely N-dealkylation sites (N-methyl/N-ethyl adjacent to an activating group) is 1. The minimum Gasteiger partial charge on any atom is -0.367 e. The fourth-order valence-electron chi connectivity index (χ4n) is 3.66. The Hall–Kier alpha value is -2.19. The maximum absolute atomic E-state index is 14.8. The third-order valence-electron chi connectivity index (χ3n) is 5.64. The van der Waals surface area contributed by atoms with Crippen molar-refractivity contribution in [3.63, 3.8) is 0 Å². The summed E-state index contributed by atoms with van der Waals surface area (Å²) in [6.45, 7) is 15.1. The average molecular weight is 447 g/mol. The third kappa shape index (κ3) is 6.64. The molecule has 2 heterocycles. The van der Waals surface area contributed by atoms with Gasteiger partial charge in [-0.1, -0.05) is 13.0 Å². The van der Waals surface area contributed by atoms with Crippen LogP contribution in [0.4, 0.5) is 10.1 Å². The van der Waals surface area contributed by atoms with Crippen LogP contribution in [-0.2, 0) is 13.0 Å². The van der Waals surface area contributed by atoms with Gasteiger partial charge in [0.15, 0.2) is 5.96 Å². The number of aliphatic imine (C=N–C) groups is 1. The van der Waals surface area contributed by atoms with E-state index < -0.39 is 0 Å². The molecular formula is C23H35FN6S. The fourth-order valence-corrected chi connectivity index (χ4v) is 4.59. The summed E-state index contributed by atoms with van der Waals surface area (Å²) in [7, 11) is 0. The summed E-state index contributed by atoms with van der Waals surface area (Å²) >= 11 is 1.75. The van der Waals surface area contributed by atoms with E-state index in [-0.39, 0.29) is 5.82 Å². The van der Waals surface area contributed by atoms with E-state index in [2.05, 4.69) is 44.3 Å². The van der Waals surface area contributed by atoms with Crippen LogP contribution in [0.5, 0.6) is 0 Å². The average Bonchev–Trinajstić information content (AvgIpc) is 3.09. The molecule has 1 aromatic carbocycles. The van der Waals surface area contributed by atoms with Gasteiger partial charge in [-0.2, -0.15) is 0 Å².